The van der Waals surface area contributed by atoms with Gasteiger partial charge in [-0.1, -0.05) is 6.07 Å². The molecule has 8 nitrogen and oxygen atoms in total. The lowest BCUT2D eigenvalue weighted by Crippen LogP contribution is -2.28. The van der Waals surface area contributed by atoms with Crippen molar-refractivity contribution < 1.29 is 9.72 Å². The number of rotatable bonds is 4. The summed E-state index contributed by atoms with van der Waals surface area (Å²) in [4.78, 5) is 33.2. The molecule has 2 aromatic rings. The highest BCUT2D eigenvalue weighted by Crippen LogP contribution is 2.16. The number of nitrogens with one attached hydrogen (secondary N) is 1. The average molecular weight is 274 g/mol. The lowest BCUT2D eigenvalue weighted by molar-refractivity contribution is -0.384. The second-order valence-corrected chi connectivity index (χ2v) is 3.88. The van der Waals surface area contributed by atoms with Crippen molar-refractivity contribution in [2.45, 2.75) is 6.54 Å². The normalized spacial score (nSPS) is 10.0. The molecule has 102 valence electrons. The van der Waals surface area contributed by atoms with Crippen molar-refractivity contribution in [2.24, 2.45) is 0 Å². The van der Waals surface area contributed by atoms with E-state index in [0.29, 0.717) is 0 Å². The molecule has 0 aliphatic heterocycles. The van der Waals surface area contributed by atoms with Gasteiger partial charge in [-0.25, -0.2) is 4.68 Å². The smallest absolute Gasteiger partial charge is 0.271 e. The summed E-state index contributed by atoms with van der Waals surface area (Å²) in [6, 6.07) is 8.29. The van der Waals surface area contributed by atoms with Crippen LogP contribution in [0, 0.1) is 10.1 Å². The molecule has 2 rings (SSSR count). The summed E-state index contributed by atoms with van der Waals surface area (Å²) >= 11 is 0. The summed E-state index contributed by atoms with van der Waals surface area (Å²) in [6.45, 7) is -0.262. The fourth-order valence-corrected chi connectivity index (χ4v) is 1.54. The Kier molecular flexibility index (Phi) is 3.85. The third-order valence-electron chi connectivity index (χ3n) is 2.42. The Morgan fingerprint density at radius 1 is 1.35 bits per heavy atom. The van der Waals surface area contributed by atoms with E-state index in [-0.39, 0.29) is 17.9 Å². The van der Waals surface area contributed by atoms with Crippen LogP contribution in [0.25, 0.3) is 0 Å². The van der Waals surface area contributed by atoms with Gasteiger partial charge in [0.1, 0.15) is 6.54 Å². The van der Waals surface area contributed by atoms with Gasteiger partial charge in [0, 0.05) is 30.1 Å². The zero-order chi connectivity index (χ0) is 14.5. The molecule has 0 saturated heterocycles. The lowest BCUT2D eigenvalue weighted by atomic mass is 10.3. The Bertz CT molecular complexity index is 710. The summed E-state index contributed by atoms with van der Waals surface area (Å²) < 4.78 is 0.993. The molecule has 0 spiro atoms. The highest BCUT2D eigenvalue weighted by molar-refractivity contribution is 5.90. The van der Waals surface area contributed by atoms with Gasteiger partial charge >= 0.3 is 0 Å². The Labute approximate surface area is 112 Å². The van der Waals surface area contributed by atoms with Crippen LogP contribution in [0.1, 0.15) is 0 Å². The number of hydrogen-bond acceptors (Lipinski definition) is 5. The van der Waals surface area contributed by atoms with Crippen molar-refractivity contribution in [1.29, 1.82) is 0 Å². The van der Waals surface area contributed by atoms with E-state index in [0.717, 1.165) is 4.68 Å². The molecule has 1 aromatic carbocycles. The minimum Gasteiger partial charge on any atom is -0.324 e. The predicted molar refractivity (Wildman–Crippen MR) is 70.2 cm³/mol. The summed E-state index contributed by atoms with van der Waals surface area (Å²) in [5.41, 5.74) is -0.243. The third kappa shape index (κ3) is 3.25. The van der Waals surface area contributed by atoms with Crippen LogP contribution in [0.3, 0.4) is 0 Å². The number of non-ortho nitro benzene ring substituents is 1. The maximum Gasteiger partial charge on any atom is 0.271 e. The molecule has 1 heterocycles. The van der Waals surface area contributed by atoms with Gasteiger partial charge in [-0.15, -0.1) is 0 Å². The maximum atomic E-state index is 11.7. The van der Waals surface area contributed by atoms with Crippen molar-refractivity contribution in [3.63, 3.8) is 0 Å². The van der Waals surface area contributed by atoms with Crippen LogP contribution in [0.5, 0.6) is 0 Å². The molecule has 1 N–H and O–H groups in total. The van der Waals surface area contributed by atoms with Gasteiger partial charge in [-0.3, -0.25) is 19.7 Å². The summed E-state index contributed by atoms with van der Waals surface area (Å²) in [5.74, 6) is -0.494. The lowest BCUT2D eigenvalue weighted by Gasteiger charge is -2.05. The van der Waals surface area contributed by atoms with Crippen molar-refractivity contribution in [3.05, 3.63) is 63.1 Å². The number of nitrogens with zero attached hydrogens (tertiary/aromatic N) is 3. The van der Waals surface area contributed by atoms with E-state index >= 15 is 0 Å². The van der Waals surface area contributed by atoms with E-state index in [9.17, 15) is 19.7 Å². The first-order chi connectivity index (χ1) is 9.56. The van der Waals surface area contributed by atoms with Crippen LogP contribution < -0.4 is 10.9 Å². The molecule has 1 amide bonds. The molecule has 8 heteroatoms. The summed E-state index contributed by atoms with van der Waals surface area (Å²) in [5, 5.41) is 16.8. The molecule has 0 aliphatic rings. The number of aromatic nitrogens is 2. The molecular formula is C12H10N4O4. The zero-order valence-corrected chi connectivity index (χ0v) is 10.2. The number of hydrogen-bond donors (Lipinski definition) is 1. The van der Waals surface area contributed by atoms with Crippen LogP contribution in [0.15, 0.2) is 47.4 Å². The van der Waals surface area contributed by atoms with Gasteiger partial charge in [0.2, 0.25) is 5.91 Å². The molecule has 20 heavy (non-hydrogen) atoms. The number of carbonyl (C=O) groups is 1. The molecule has 0 aliphatic carbocycles. The molecule has 0 atom stereocenters. The fourth-order valence-electron chi connectivity index (χ4n) is 1.54. The van der Waals surface area contributed by atoms with Crippen LogP contribution in [-0.4, -0.2) is 20.6 Å². The first-order valence-corrected chi connectivity index (χ1v) is 5.63. The van der Waals surface area contributed by atoms with Crippen LogP contribution in [-0.2, 0) is 11.3 Å². The van der Waals surface area contributed by atoms with Crippen LogP contribution >= 0.6 is 0 Å². The second kappa shape index (κ2) is 5.74. The SMILES string of the molecule is O=C(Cn1ncccc1=O)Nc1cccc([N+](=O)[O-])c1. The van der Waals surface area contributed by atoms with Crippen LogP contribution in [0.2, 0.25) is 0 Å². The number of anilines is 1. The third-order valence-corrected chi connectivity index (χ3v) is 2.42. The average Bonchev–Trinajstić information content (AvgIpc) is 2.41. The van der Waals surface area contributed by atoms with Gasteiger partial charge in [0.05, 0.1) is 4.92 Å². The Morgan fingerprint density at radius 3 is 2.85 bits per heavy atom. The molecular weight excluding hydrogens is 264 g/mol. The largest absolute Gasteiger partial charge is 0.324 e. The number of benzene rings is 1. The number of carbonyl (C=O) groups excluding carboxylic acids is 1. The monoisotopic (exact) mass is 274 g/mol. The van der Waals surface area contributed by atoms with Gasteiger partial charge in [0.15, 0.2) is 0 Å². The zero-order valence-electron chi connectivity index (χ0n) is 10.2. The second-order valence-electron chi connectivity index (χ2n) is 3.88. The molecule has 1 aromatic heterocycles. The topological polar surface area (TPSA) is 107 Å². The van der Waals surface area contributed by atoms with E-state index < -0.39 is 16.4 Å². The number of amides is 1. The Morgan fingerprint density at radius 2 is 2.15 bits per heavy atom. The van der Waals surface area contributed by atoms with Crippen molar-refractivity contribution in [2.75, 3.05) is 5.32 Å². The summed E-state index contributed by atoms with van der Waals surface area (Å²) in [7, 11) is 0. The number of nitro benzene ring substituents is 1. The first kappa shape index (κ1) is 13.4. The molecule has 0 saturated carbocycles. The Balaban J connectivity index is 2.09. The molecule has 0 radical (unpaired) electrons. The molecule has 0 bridgehead atoms. The van der Waals surface area contributed by atoms with E-state index in [1.165, 1.54) is 42.6 Å². The first-order valence-electron chi connectivity index (χ1n) is 5.63. The molecule has 0 fully saturated rings. The highest BCUT2D eigenvalue weighted by atomic mass is 16.6. The Hall–Kier alpha value is -3.03. The fraction of sp³-hybridized carbons (Fsp3) is 0.0833. The van der Waals surface area contributed by atoms with E-state index in [4.69, 9.17) is 0 Å². The van der Waals surface area contributed by atoms with Crippen molar-refractivity contribution >= 4 is 17.3 Å². The predicted octanol–water partition coefficient (Wildman–Crippen LogP) is 0.790. The summed E-state index contributed by atoms with van der Waals surface area (Å²) in [6.07, 6.45) is 1.39. The van der Waals surface area contributed by atoms with E-state index in [1.54, 1.807) is 0 Å². The maximum absolute atomic E-state index is 11.7. The minimum atomic E-state index is -0.557. The van der Waals surface area contributed by atoms with E-state index in [2.05, 4.69) is 10.4 Å². The van der Waals surface area contributed by atoms with Gasteiger partial charge < -0.3 is 5.32 Å². The number of nitro groups is 1. The van der Waals surface area contributed by atoms with Crippen molar-refractivity contribution in [3.8, 4) is 0 Å². The van der Waals surface area contributed by atoms with Gasteiger partial charge in [-0.2, -0.15) is 5.10 Å². The van der Waals surface area contributed by atoms with E-state index in [1.807, 2.05) is 0 Å². The van der Waals surface area contributed by atoms with Gasteiger partial charge in [0.25, 0.3) is 11.2 Å². The van der Waals surface area contributed by atoms with Gasteiger partial charge in [-0.05, 0) is 12.1 Å². The minimum absolute atomic E-state index is 0.127. The highest BCUT2D eigenvalue weighted by Gasteiger charge is 2.09. The standard InChI is InChI=1S/C12H10N4O4/c17-11(8-15-12(18)5-2-6-13-15)14-9-3-1-4-10(7-9)16(19)20/h1-7H,8H2,(H,14,17). The quantitative estimate of drug-likeness (QED) is 0.655. The van der Waals surface area contributed by atoms with Crippen molar-refractivity contribution in [1.82, 2.24) is 9.78 Å². The molecule has 0 unspecified atom stereocenters. The van der Waals surface area contributed by atoms with Crippen LogP contribution in [0.4, 0.5) is 11.4 Å².